The summed E-state index contributed by atoms with van der Waals surface area (Å²) in [7, 11) is -3.49. The van der Waals surface area contributed by atoms with E-state index in [-0.39, 0.29) is 17.8 Å². The maximum absolute atomic E-state index is 13.5. The van der Waals surface area contributed by atoms with E-state index < -0.39 is 15.8 Å². The second-order valence-corrected chi connectivity index (χ2v) is 6.73. The van der Waals surface area contributed by atoms with Gasteiger partial charge in [0, 0.05) is 17.8 Å². The van der Waals surface area contributed by atoms with Gasteiger partial charge in [-0.15, -0.1) is 0 Å². The smallest absolute Gasteiger partial charge is 0.229 e. The highest BCUT2D eigenvalue weighted by Crippen LogP contribution is 2.25. The van der Waals surface area contributed by atoms with Gasteiger partial charge in [-0.1, -0.05) is 0 Å². The zero-order valence-corrected chi connectivity index (χ0v) is 11.5. The van der Waals surface area contributed by atoms with Gasteiger partial charge in [-0.25, -0.2) is 12.8 Å². The van der Waals surface area contributed by atoms with Crippen molar-refractivity contribution in [2.24, 2.45) is 5.73 Å². The lowest BCUT2D eigenvalue weighted by Crippen LogP contribution is -2.21. The van der Waals surface area contributed by atoms with Gasteiger partial charge in [0.25, 0.3) is 0 Å². The molecule has 0 radical (unpaired) electrons. The summed E-state index contributed by atoms with van der Waals surface area (Å²) in [6.45, 7) is 0. The number of nitrogens with two attached hydrogens (primary N) is 1. The summed E-state index contributed by atoms with van der Waals surface area (Å²) >= 11 is 0. The van der Waals surface area contributed by atoms with E-state index in [2.05, 4.69) is 10.0 Å². The molecule has 0 aromatic heterocycles. The van der Waals surface area contributed by atoms with Crippen molar-refractivity contribution in [3.63, 3.8) is 0 Å². The second-order valence-electron chi connectivity index (χ2n) is 4.98. The molecule has 5 nitrogen and oxygen atoms in total. The summed E-state index contributed by atoms with van der Waals surface area (Å²) in [5.41, 5.74) is 6.46. The second kappa shape index (κ2) is 5.34. The number of nitrogens with one attached hydrogen (secondary N) is 2. The van der Waals surface area contributed by atoms with Gasteiger partial charge in [0.15, 0.2) is 0 Å². The van der Waals surface area contributed by atoms with Crippen molar-refractivity contribution in [1.29, 1.82) is 0 Å². The minimum atomic E-state index is -3.49. The number of sulfonamides is 1. The number of hydrogen-bond acceptors (Lipinski definition) is 4. The number of benzene rings is 1. The molecule has 0 heterocycles. The Hall–Kier alpha value is -1.34. The molecule has 1 fully saturated rings. The van der Waals surface area contributed by atoms with Crippen LogP contribution in [0.3, 0.4) is 0 Å². The minimum Gasteiger partial charge on any atom is -0.382 e. The van der Waals surface area contributed by atoms with Gasteiger partial charge >= 0.3 is 0 Å². The van der Waals surface area contributed by atoms with Crippen molar-refractivity contribution in [3.8, 4) is 0 Å². The average Bonchev–Trinajstić information content (AvgIpc) is 2.67. The molecular formula is C12H18FN3O2S. The van der Waals surface area contributed by atoms with E-state index >= 15 is 0 Å². The third-order valence-corrected chi connectivity index (χ3v) is 3.70. The van der Waals surface area contributed by atoms with E-state index in [9.17, 15) is 12.8 Å². The van der Waals surface area contributed by atoms with E-state index in [4.69, 9.17) is 5.73 Å². The van der Waals surface area contributed by atoms with Crippen LogP contribution in [0.5, 0.6) is 0 Å². The number of rotatable bonds is 4. The molecular weight excluding hydrogens is 269 g/mol. The average molecular weight is 287 g/mol. The summed E-state index contributed by atoms with van der Waals surface area (Å²) < 4.78 is 37.9. The summed E-state index contributed by atoms with van der Waals surface area (Å²) in [4.78, 5) is 0. The summed E-state index contributed by atoms with van der Waals surface area (Å²) in [5.74, 6) is -0.598. The number of hydrogen-bond donors (Lipinski definition) is 3. The van der Waals surface area contributed by atoms with Crippen molar-refractivity contribution in [1.82, 2.24) is 0 Å². The molecule has 4 N–H and O–H groups in total. The first kappa shape index (κ1) is 14.1. The zero-order chi connectivity index (χ0) is 14.0. The van der Waals surface area contributed by atoms with Crippen molar-refractivity contribution in [3.05, 3.63) is 24.0 Å². The Labute approximate surface area is 112 Å². The van der Waals surface area contributed by atoms with Crippen LogP contribution < -0.4 is 15.8 Å². The van der Waals surface area contributed by atoms with Crippen molar-refractivity contribution in [2.75, 3.05) is 16.3 Å². The summed E-state index contributed by atoms with van der Waals surface area (Å²) in [5, 5.41) is 3.24. The number of halogens is 1. The molecule has 1 aromatic rings. The molecule has 0 bridgehead atoms. The number of anilines is 2. The molecule has 1 aliphatic carbocycles. The van der Waals surface area contributed by atoms with Crippen LogP contribution in [-0.4, -0.2) is 26.8 Å². The first-order valence-corrected chi connectivity index (χ1v) is 8.02. The fourth-order valence-electron chi connectivity index (χ4n) is 2.28. The molecule has 7 heteroatoms. The molecule has 2 rings (SSSR count). The van der Waals surface area contributed by atoms with Gasteiger partial charge in [0.05, 0.1) is 11.9 Å². The topological polar surface area (TPSA) is 84.2 Å². The maximum atomic E-state index is 13.5. The molecule has 0 aliphatic heterocycles. The monoisotopic (exact) mass is 287 g/mol. The Bertz CT molecular complexity index is 562. The Morgan fingerprint density at radius 3 is 2.68 bits per heavy atom. The highest BCUT2D eigenvalue weighted by molar-refractivity contribution is 7.92. The van der Waals surface area contributed by atoms with Gasteiger partial charge in [0.2, 0.25) is 10.0 Å². The van der Waals surface area contributed by atoms with Crippen LogP contribution in [0.4, 0.5) is 15.8 Å². The van der Waals surface area contributed by atoms with Crippen LogP contribution in [0.15, 0.2) is 18.2 Å². The van der Waals surface area contributed by atoms with Gasteiger partial charge in [0.1, 0.15) is 5.82 Å². The third kappa shape index (κ3) is 4.07. The Morgan fingerprint density at radius 2 is 2.11 bits per heavy atom. The van der Waals surface area contributed by atoms with E-state index in [0.717, 1.165) is 25.5 Å². The lowest BCUT2D eigenvalue weighted by Gasteiger charge is -2.15. The maximum Gasteiger partial charge on any atom is 0.229 e. The quantitative estimate of drug-likeness (QED) is 0.783. The highest BCUT2D eigenvalue weighted by atomic mass is 32.2. The van der Waals surface area contributed by atoms with E-state index in [0.29, 0.717) is 5.69 Å². The van der Waals surface area contributed by atoms with Crippen molar-refractivity contribution >= 4 is 21.4 Å². The zero-order valence-electron chi connectivity index (χ0n) is 10.7. The molecule has 0 amide bonds. The normalized spacial score (nSPS) is 23.3. The largest absolute Gasteiger partial charge is 0.382 e. The first-order valence-electron chi connectivity index (χ1n) is 6.13. The van der Waals surface area contributed by atoms with Gasteiger partial charge in [-0.2, -0.15) is 0 Å². The van der Waals surface area contributed by atoms with Gasteiger partial charge in [-0.05, 0) is 37.5 Å². The van der Waals surface area contributed by atoms with E-state index in [1.807, 2.05) is 0 Å². The van der Waals surface area contributed by atoms with Crippen LogP contribution >= 0.6 is 0 Å². The van der Waals surface area contributed by atoms with Gasteiger partial charge < -0.3 is 11.1 Å². The van der Waals surface area contributed by atoms with Crippen LogP contribution in [0, 0.1) is 5.82 Å². The van der Waals surface area contributed by atoms with Crippen LogP contribution in [0.25, 0.3) is 0 Å². The molecule has 19 heavy (non-hydrogen) atoms. The van der Waals surface area contributed by atoms with Crippen molar-refractivity contribution in [2.45, 2.75) is 31.3 Å². The predicted octanol–water partition coefficient (Wildman–Crippen LogP) is 1.49. The molecule has 1 aromatic carbocycles. The fraction of sp³-hybridized carbons (Fsp3) is 0.500. The first-order chi connectivity index (χ1) is 8.83. The third-order valence-electron chi connectivity index (χ3n) is 3.11. The van der Waals surface area contributed by atoms with E-state index in [1.54, 1.807) is 6.07 Å². The standard InChI is InChI=1S/C12H18FN3O2S/c1-19(17,18)16-12-7-10(4-5-11(12)13)15-9-3-2-8(14)6-9/h4-5,7-9,15-16H,2-3,6,14H2,1H3. The van der Waals surface area contributed by atoms with Gasteiger partial charge in [-0.3, -0.25) is 4.72 Å². The minimum absolute atomic E-state index is 0.0465. The van der Waals surface area contributed by atoms with Crippen LogP contribution in [-0.2, 0) is 10.0 Å². The molecule has 2 unspecified atom stereocenters. The lowest BCUT2D eigenvalue weighted by atomic mass is 10.2. The highest BCUT2D eigenvalue weighted by Gasteiger charge is 2.21. The molecule has 1 aliphatic rings. The predicted molar refractivity (Wildman–Crippen MR) is 74.1 cm³/mol. The summed E-state index contributed by atoms with van der Waals surface area (Å²) in [6.07, 6.45) is 3.79. The fourth-order valence-corrected chi connectivity index (χ4v) is 2.83. The molecule has 2 atom stereocenters. The van der Waals surface area contributed by atoms with E-state index in [1.165, 1.54) is 12.1 Å². The molecule has 0 spiro atoms. The SMILES string of the molecule is CS(=O)(=O)Nc1cc(NC2CCC(N)C2)ccc1F. The molecule has 106 valence electrons. The van der Waals surface area contributed by atoms with Crippen molar-refractivity contribution < 1.29 is 12.8 Å². The van der Waals surface area contributed by atoms with Crippen LogP contribution in [0.1, 0.15) is 19.3 Å². The Morgan fingerprint density at radius 1 is 1.37 bits per heavy atom. The Balaban J connectivity index is 2.12. The van der Waals surface area contributed by atoms with Crippen LogP contribution in [0.2, 0.25) is 0 Å². The molecule has 1 saturated carbocycles. The lowest BCUT2D eigenvalue weighted by molar-refractivity contribution is 0.603. The molecule has 0 saturated heterocycles. The Kier molecular flexibility index (Phi) is 3.96. The summed E-state index contributed by atoms with van der Waals surface area (Å²) in [6, 6.07) is 4.75.